The smallest absolute Gasteiger partial charge is 0.0478 e. The molecule has 16 heavy (non-hydrogen) atoms. The van der Waals surface area contributed by atoms with Crippen LogP contribution in [0.15, 0.2) is 0 Å². The quantitative estimate of drug-likeness (QED) is 0.673. The molecule has 0 radical (unpaired) electrons. The van der Waals surface area contributed by atoms with Gasteiger partial charge in [0.15, 0.2) is 0 Å². The van der Waals surface area contributed by atoms with Crippen LogP contribution in [-0.2, 0) is 4.74 Å². The van der Waals surface area contributed by atoms with Crippen LogP contribution in [0.4, 0.5) is 0 Å². The van der Waals surface area contributed by atoms with Crippen molar-refractivity contribution < 1.29 is 4.74 Å². The summed E-state index contributed by atoms with van der Waals surface area (Å²) >= 11 is 0. The van der Waals surface area contributed by atoms with E-state index in [-0.39, 0.29) is 0 Å². The molecule has 3 nitrogen and oxygen atoms in total. The summed E-state index contributed by atoms with van der Waals surface area (Å²) in [4.78, 5) is 2.57. The molecule has 1 unspecified atom stereocenters. The maximum atomic E-state index is 5.51. The summed E-state index contributed by atoms with van der Waals surface area (Å²) < 4.78 is 5.51. The van der Waals surface area contributed by atoms with Gasteiger partial charge in [0.2, 0.25) is 0 Å². The Morgan fingerprint density at radius 1 is 1.25 bits per heavy atom. The predicted molar refractivity (Wildman–Crippen MR) is 68.9 cm³/mol. The zero-order chi connectivity index (χ0) is 11.6. The highest BCUT2D eigenvalue weighted by Gasteiger charge is 2.13. The van der Waals surface area contributed by atoms with Crippen LogP contribution in [0, 0.1) is 0 Å². The van der Waals surface area contributed by atoms with Gasteiger partial charge in [0.1, 0.15) is 0 Å². The Morgan fingerprint density at radius 2 is 2.12 bits per heavy atom. The van der Waals surface area contributed by atoms with Crippen LogP contribution >= 0.6 is 0 Å². The maximum absolute atomic E-state index is 5.51. The Morgan fingerprint density at radius 3 is 2.88 bits per heavy atom. The SMILES string of the molecule is CCCOCCCN1CCNC(CC)CC1. The molecule has 0 aromatic heterocycles. The zero-order valence-corrected chi connectivity index (χ0v) is 11.0. The highest BCUT2D eigenvalue weighted by molar-refractivity contribution is 4.73. The van der Waals surface area contributed by atoms with E-state index < -0.39 is 0 Å². The summed E-state index contributed by atoms with van der Waals surface area (Å²) in [6.45, 7) is 11.1. The largest absolute Gasteiger partial charge is 0.381 e. The van der Waals surface area contributed by atoms with E-state index in [4.69, 9.17) is 4.74 Å². The topological polar surface area (TPSA) is 24.5 Å². The Bertz CT molecular complexity index is 164. The number of rotatable bonds is 7. The molecule has 1 rings (SSSR count). The number of ether oxygens (including phenoxy) is 1. The minimum absolute atomic E-state index is 0.737. The molecule has 0 aliphatic carbocycles. The van der Waals surface area contributed by atoms with E-state index in [1.807, 2.05) is 0 Å². The minimum Gasteiger partial charge on any atom is -0.381 e. The summed E-state index contributed by atoms with van der Waals surface area (Å²) in [5.41, 5.74) is 0. The lowest BCUT2D eigenvalue weighted by molar-refractivity contribution is 0.122. The lowest BCUT2D eigenvalue weighted by Crippen LogP contribution is -2.30. The van der Waals surface area contributed by atoms with Crippen LogP contribution in [0.25, 0.3) is 0 Å². The number of hydrogen-bond acceptors (Lipinski definition) is 3. The molecule has 0 aromatic carbocycles. The molecule has 0 amide bonds. The fraction of sp³-hybridized carbons (Fsp3) is 1.00. The van der Waals surface area contributed by atoms with Gasteiger partial charge >= 0.3 is 0 Å². The van der Waals surface area contributed by atoms with Gasteiger partial charge in [0, 0.05) is 38.9 Å². The van der Waals surface area contributed by atoms with E-state index in [0.29, 0.717) is 0 Å². The van der Waals surface area contributed by atoms with Crippen molar-refractivity contribution in [2.75, 3.05) is 39.4 Å². The van der Waals surface area contributed by atoms with Crippen molar-refractivity contribution in [2.45, 2.75) is 45.6 Å². The summed E-state index contributed by atoms with van der Waals surface area (Å²) in [7, 11) is 0. The molecule has 1 aliphatic heterocycles. The monoisotopic (exact) mass is 228 g/mol. The number of nitrogens with one attached hydrogen (secondary N) is 1. The average molecular weight is 228 g/mol. The van der Waals surface area contributed by atoms with Gasteiger partial charge in [0.05, 0.1) is 0 Å². The highest BCUT2D eigenvalue weighted by atomic mass is 16.5. The molecule has 0 bridgehead atoms. The fourth-order valence-corrected chi connectivity index (χ4v) is 2.19. The second kappa shape index (κ2) is 8.97. The lowest BCUT2D eigenvalue weighted by atomic mass is 10.1. The first kappa shape index (κ1) is 13.9. The van der Waals surface area contributed by atoms with E-state index in [1.54, 1.807) is 0 Å². The predicted octanol–water partition coefficient (Wildman–Crippen LogP) is 1.88. The molecule has 0 spiro atoms. The molecular formula is C13H28N2O. The van der Waals surface area contributed by atoms with Crippen molar-refractivity contribution in [1.29, 1.82) is 0 Å². The van der Waals surface area contributed by atoms with E-state index in [0.717, 1.165) is 32.2 Å². The van der Waals surface area contributed by atoms with Gasteiger partial charge in [-0.2, -0.15) is 0 Å². The van der Waals surface area contributed by atoms with Gasteiger partial charge in [-0.15, -0.1) is 0 Å². The summed E-state index contributed by atoms with van der Waals surface area (Å²) in [5.74, 6) is 0. The Labute approximate surface area is 101 Å². The first-order chi connectivity index (χ1) is 7.86. The fourth-order valence-electron chi connectivity index (χ4n) is 2.19. The average Bonchev–Trinajstić information content (AvgIpc) is 2.54. The van der Waals surface area contributed by atoms with E-state index >= 15 is 0 Å². The van der Waals surface area contributed by atoms with E-state index in [2.05, 4.69) is 24.1 Å². The van der Waals surface area contributed by atoms with Crippen LogP contribution in [0.2, 0.25) is 0 Å². The van der Waals surface area contributed by atoms with Crippen molar-refractivity contribution in [2.24, 2.45) is 0 Å². The summed E-state index contributed by atoms with van der Waals surface area (Å²) in [6, 6.07) is 0.737. The second-order valence-electron chi connectivity index (χ2n) is 4.66. The second-order valence-corrected chi connectivity index (χ2v) is 4.66. The van der Waals surface area contributed by atoms with Gasteiger partial charge in [0.25, 0.3) is 0 Å². The summed E-state index contributed by atoms with van der Waals surface area (Å²) in [6.07, 6.45) is 4.86. The molecule has 1 atom stereocenters. The van der Waals surface area contributed by atoms with Crippen LogP contribution in [0.5, 0.6) is 0 Å². The van der Waals surface area contributed by atoms with Crippen molar-refractivity contribution in [3.05, 3.63) is 0 Å². The van der Waals surface area contributed by atoms with E-state index in [1.165, 1.54) is 38.9 Å². The van der Waals surface area contributed by atoms with Gasteiger partial charge in [-0.25, -0.2) is 0 Å². The van der Waals surface area contributed by atoms with Gasteiger partial charge in [-0.3, -0.25) is 0 Å². The molecule has 0 saturated carbocycles. The van der Waals surface area contributed by atoms with Gasteiger partial charge in [-0.05, 0) is 32.2 Å². The Hall–Kier alpha value is -0.120. The Balaban J connectivity index is 2.03. The first-order valence-electron chi connectivity index (χ1n) is 6.90. The Kier molecular flexibility index (Phi) is 7.81. The molecule has 1 saturated heterocycles. The third-order valence-corrected chi connectivity index (χ3v) is 3.26. The zero-order valence-electron chi connectivity index (χ0n) is 11.0. The van der Waals surface area contributed by atoms with Crippen LogP contribution in [-0.4, -0.2) is 50.3 Å². The molecular weight excluding hydrogens is 200 g/mol. The summed E-state index contributed by atoms with van der Waals surface area (Å²) in [5, 5.41) is 3.60. The number of hydrogen-bond donors (Lipinski definition) is 1. The van der Waals surface area contributed by atoms with Crippen LogP contribution in [0.3, 0.4) is 0 Å². The molecule has 1 aliphatic rings. The van der Waals surface area contributed by atoms with Crippen LogP contribution in [0.1, 0.15) is 39.5 Å². The third kappa shape index (κ3) is 5.83. The van der Waals surface area contributed by atoms with Gasteiger partial charge < -0.3 is 15.0 Å². The minimum atomic E-state index is 0.737. The molecule has 1 N–H and O–H groups in total. The molecule has 96 valence electrons. The maximum Gasteiger partial charge on any atom is 0.0478 e. The number of nitrogens with zero attached hydrogens (tertiary/aromatic N) is 1. The van der Waals surface area contributed by atoms with Gasteiger partial charge in [-0.1, -0.05) is 13.8 Å². The molecule has 1 heterocycles. The van der Waals surface area contributed by atoms with Crippen molar-refractivity contribution >= 4 is 0 Å². The molecule has 1 fully saturated rings. The lowest BCUT2D eigenvalue weighted by Gasteiger charge is -2.19. The normalized spacial score (nSPS) is 23.2. The van der Waals surface area contributed by atoms with Crippen molar-refractivity contribution in [3.63, 3.8) is 0 Å². The highest BCUT2D eigenvalue weighted by Crippen LogP contribution is 2.05. The van der Waals surface area contributed by atoms with Crippen LogP contribution < -0.4 is 5.32 Å². The molecule has 3 heteroatoms. The molecule has 0 aromatic rings. The van der Waals surface area contributed by atoms with E-state index in [9.17, 15) is 0 Å². The van der Waals surface area contributed by atoms with Crippen molar-refractivity contribution in [1.82, 2.24) is 10.2 Å². The van der Waals surface area contributed by atoms with Crippen molar-refractivity contribution in [3.8, 4) is 0 Å². The first-order valence-corrected chi connectivity index (χ1v) is 6.90. The third-order valence-electron chi connectivity index (χ3n) is 3.26. The standard InChI is InChI=1S/C13H28N2O/c1-3-11-16-12-5-8-15-9-6-13(4-2)14-7-10-15/h13-14H,3-12H2,1-2H3.